The number of aliphatic hydroxyl groups is 1. The summed E-state index contributed by atoms with van der Waals surface area (Å²) in [7, 11) is 0. The highest BCUT2D eigenvalue weighted by molar-refractivity contribution is 7.99. The van der Waals surface area contributed by atoms with Gasteiger partial charge < -0.3 is 24.8 Å². The zero-order chi connectivity index (χ0) is 23.5. The third-order valence-electron chi connectivity index (χ3n) is 6.29. The van der Waals surface area contributed by atoms with Gasteiger partial charge in [0, 0.05) is 29.8 Å². The van der Waals surface area contributed by atoms with Crippen LogP contribution in [0.5, 0.6) is 5.75 Å². The summed E-state index contributed by atoms with van der Waals surface area (Å²) in [5.74, 6) is -0.234. The fourth-order valence-electron chi connectivity index (χ4n) is 4.33. The lowest BCUT2D eigenvalue weighted by atomic mass is 9.96. The lowest BCUT2D eigenvalue weighted by Gasteiger charge is -2.32. The largest absolute Gasteiger partial charge is 0.493 e. The van der Waals surface area contributed by atoms with Crippen molar-refractivity contribution >= 4 is 28.8 Å². The standard InChI is InChI=1S/C22H27F2N3O5S/c23-16-7-14(32-10-12-5-6-27(22(30)31)9-17(12)24)8-18-20(16)21(29)26-19(25-18)11-33-15-3-1-13(28)2-4-15/h7-8,12-13,15,17,28H,1-6,9-11H2,(H,30,31)(H,25,26,29). The number of ether oxygens (including phenoxy) is 1. The second kappa shape index (κ2) is 10.3. The normalized spacial score (nSPS) is 25.8. The van der Waals surface area contributed by atoms with E-state index in [1.54, 1.807) is 11.8 Å². The lowest BCUT2D eigenvalue weighted by Crippen LogP contribution is -2.45. The number of nitrogens with zero attached hydrogens (tertiary/aromatic N) is 2. The highest BCUT2D eigenvalue weighted by atomic mass is 32.2. The molecule has 2 heterocycles. The van der Waals surface area contributed by atoms with Crippen molar-refractivity contribution < 1.29 is 28.5 Å². The van der Waals surface area contributed by atoms with Crippen LogP contribution in [0.1, 0.15) is 37.9 Å². The van der Waals surface area contributed by atoms with Crippen LogP contribution in [-0.2, 0) is 5.75 Å². The quantitative estimate of drug-likeness (QED) is 0.577. The number of benzene rings is 1. The van der Waals surface area contributed by atoms with Crippen LogP contribution in [0.15, 0.2) is 16.9 Å². The third-order valence-corrected chi connectivity index (χ3v) is 7.68. The van der Waals surface area contributed by atoms with Crippen LogP contribution >= 0.6 is 11.8 Å². The molecular formula is C22H27F2N3O5S. The number of thioether (sulfide) groups is 1. The molecule has 1 aliphatic carbocycles. The van der Waals surface area contributed by atoms with Crippen LogP contribution in [0.4, 0.5) is 13.6 Å². The van der Waals surface area contributed by atoms with Crippen LogP contribution in [0.25, 0.3) is 10.9 Å². The number of aromatic nitrogens is 2. The number of rotatable bonds is 6. The fraction of sp³-hybridized carbons (Fsp3) is 0.591. The minimum absolute atomic E-state index is 0.0288. The maximum atomic E-state index is 14.6. The molecule has 0 radical (unpaired) electrons. The van der Waals surface area contributed by atoms with E-state index in [1.807, 2.05) is 0 Å². The lowest BCUT2D eigenvalue weighted by molar-refractivity contribution is 0.0551. The first-order valence-electron chi connectivity index (χ1n) is 11.1. The fourth-order valence-corrected chi connectivity index (χ4v) is 5.46. The molecule has 0 spiro atoms. The van der Waals surface area contributed by atoms with Gasteiger partial charge in [-0.3, -0.25) is 4.79 Å². The number of fused-ring (bicyclic) bond motifs is 1. The van der Waals surface area contributed by atoms with E-state index in [-0.39, 0.29) is 42.5 Å². The van der Waals surface area contributed by atoms with Crippen molar-refractivity contribution in [3.05, 3.63) is 34.1 Å². The molecule has 11 heteroatoms. The van der Waals surface area contributed by atoms with Gasteiger partial charge in [0.2, 0.25) is 0 Å². The summed E-state index contributed by atoms with van der Waals surface area (Å²) in [6.45, 7) is -0.0276. The second-order valence-corrected chi connectivity index (χ2v) is 9.95. The summed E-state index contributed by atoms with van der Waals surface area (Å²) in [5.41, 5.74) is -0.399. The number of likely N-dealkylation sites (tertiary alicyclic amines) is 1. The Morgan fingerprint density at radius 3 is 2.73 bits per heavy atom. The first kappa shape index (κ1) is 23.7. The van der Waals surface area contributed by atoms with Crippen LogP contribution in [0.2, 0.25) is 0 Å². The Balaban J connectivity index is 1.43. The Kier molecular flexibility index (Phi) is 7.38. The van der Waals surface area contributed by atoms with E-state index in [1.165, 1.54) is 6.07 Å². The van der Waals surface area contributed by atoms with Gasteiger partial charge in [-0.05, 0) is 32.1 Å². The maximum absolute atomic E-state index is 14.6. The van der Waals surface area contributed by atoms with Crippen molar-refractivity contribution in [3.8, 4) is 5.75 Å². The highest BCUT2D eigenvalue weighted by Crippen LogP contribution is 2.30. The monoisotopic (exact) mass is 483 g/mol. The predicted molar refractivity (Wildman–Crippen MR) is 120 cm³/mol. The Morgan fingerprint density at radius 2 is 2.03 bits per heavy atom. The van der Waals surface area contributed by atoms with Crippen molar-refractivity contribution in [1.82, 2.24) is 14.9 Å². The summed E-state index contributed by atoms with van der Waals surface area (Å²) in [6, 6.07) is 2.55. The van der Waals surface area contributed by atoms with E-state index in [9.17, 15) is 23.5 Å². The smallest absolute Gasteiger partial charge is 0.407 e. The number of alkyl halides is 1. The van der Waals surface area contributed by atoms with Gasteiger partial charge >= 0.3 is 6.09 Å². The topological polar surface area (TPSA) is 116 Å². The summed E-state index contributed by atoms with van der Waals surface area (Å²) in [4.78, 5) is 31.5. The van der Waals surface area contributed by atoms with Gasteiger partial charge in [0.1, 0.15) is 28.9 Å². The number of amides is 1. The molecule has 2 aliphatic rings. The molecule has 2 fully saturated rings. The van der Waals surface area contributed by atoms with Gasteiger partial charge in [-0.1, -0.05) is 0 Å². The number of aromatic amines is 1. The number of H-pyrrole nitrogens is 1. The molecule has 1 aromatic carbocycles. The molecule has 33 heavy (non-hydrogen) atoms. The van der Waals surface area contributed by atoms with Crippen molar-refractivity contribution in [2.24, 2.45) is 5.92 Å². The molecule has 1 aliphatic heterocycles. The molecule has 1 aromatic heterocycles. The first-order chi connectivity index (χ1) is 15.8. The third kappa shape index (κ3) is 5.75. The number of nitrogens with one attached hydrogen (secondary N) is 1. The number of carbonyl (C=O) groups is 1. The molecular weight excluding hydrogens is 456 g/mol. The Hall–Kier alpha value is -2.40. The Bertz CT molecular complexity index is 1060. The van der Waals surface area contributed by atoms with Crippen LogP contribution < -0.4 is 10.3 Å². The van der Waals surface area contributed by atoms with Gasteiger partial charge in [0.15, 0.2) is 0 Å². The van der Waals surface area contributed by atoms with Crippen molar-refractivity contribution in [3.63, 3.8) is 0 Å². The van der Waals surface area contributed by atoms with Crippen LogP contribution in [-0.4, -0.2) is 68.4 Å². The maximum Gasteiger partial charge on any atom is 0.407 e. The van der Waals surface area contributed by atoms with E-state index in [0.29, 0.717) is 23.2 Å². The summed E-state index contributed by atoms with van der Waals surface area (Å²) in [6.07, 6.45) is 0.876. The molecule has 2 atom stereocenters. The minimum atomic E-state index is -1.37. The van der Waals surface area contributed by atoms with Gasteiger partial charge in [-0.2, -0.15) is 11.8 Å². The zero-order valence-electron chi connectivity index (χ0n) is 18.0. The van der Waals surface area contributed by atoms with Crippen molar-refractivity contribution in [2.45, 2.75) is 55.4 Å². The number of piperidine rings is 1. The summed E-state index contributed by atoms with van der Waals surface area (Å²) < 4.78 is 34.6. The highest BCUT2D eigenvalue weighted by Gasteiger charge is 2.32. The van der Waals surface area contributed by atoms with Gasteiger partial charge in [0.25, 0.3) is 5.56 Å². The van der Waals surface area contributed by atoms with E-state index < -0.39 is 29.6 Å². The number of halogens is 2. The Morgan fingerprint density at radius 1 is 1.27 bits per heavy atom. The molecule has 180 valence electrons. The summed E-state index contributed by atoms with van der Waals surface area (Å²) >= 11 is 1.65. The summed E-state index contributed by atoms with van der Waals surface area (Å²) in [5, 5.41) is 18.8. The molecule has 4 rings (SSSR count). The van der Waals surface area contributed by atoms with Gasteiger partial charge in [0.05, 0.1) is 30.5 Å². The average Bonchev–Trinajstić information content (AvgIpc) is 2.77. The molecule has 1 amide bonds. The van der Waals surface area contributed by atoms with Gasteiger partial charge in [-0.25, -0.2) is 18.6 Å². The molecule has 1 saturated heterocycles. The molecule has 8 nitrogen and oxygen atoms in total. The van der Waals surface area contributed by atoms with E-state index in [4.69, 9.17) is 9.84 Å². The van der Waals surface area contributed by atoms with Gasteiger partial charge in [-0.15, -0.1) is 0 Å². The molecule has 0 bridgehead atoms. The van der Waals surface area contributed by atoms with Crippen molar-refractivity contribution in [2.75, 3.05) is 19.7 Å². The number of hydrogen-bond acceptors (Lipinski definition) is 6. The second-order valence-electron chi connectivity index (χ2n) is 8.66. The minimum Gasteiger partial charge on any atom is -0.493 e. The first-order valence-corrected chi connectivity index (χ1v) is 12.1. The predicted octanol–water partition coefficient (Wildman–Crippen LogP) is 3.32. The van der Waals surface area contributed by atoms with Crippen LogP contribution in [0, 0.1) is 11.7 Å². The Labute approximate surface area is 193 Å². The molecule has 3 N–H and O–H groups in total. The van der Waals surface area contributed by atoms with E-state index in [2.05, 4.69) is 9.97 Å². The zero-order valence-corrected chi connectivity index (χ0v) is 18.8. The van der Waals surface area contributed by atoms with E-state index in [0.717, 1.165) is 36.6 Å². The van der Waals surface area contributed by atoms with Crippen LogP contribution in [0.3, 0.4) is 0 Å². The molecule has 2 aromatic rings. The number of carboxylic acid groups (broad SMARTS) is 1. The molecule has 2 unspecified atom stereocenters. The van der Waals surface area contributed by atoms with Crippen molar-refractivity contribution in [1.29, 1.82) is 0 Å². The molecule has 1 saturated carbocycles. The van der Waals surface area contributed by atoms with E-state index >= 15 is 0 Å². The SMILES string of the molecule is O=C(O)N1CCC(COc2cc(F)c3c(=O)[nH]c(CSC4CCC(O)CC4)nc3c2)C(F)C1. The average molecular weight is 484 g/mol. The number of aliphatic hydroxyl groups excluding tert-OH is 1. The number of hydrogen-bond donors (Lipinski definition) is 3.